The fraction of sp³-hybridized carbons (Fsp3) is 0.296. The maximum atomic E-state index is 4.97. The van der Waals surface area contributed by atoms with Gasteiger partial charge < -0.3 is 0 Å². The Kier molecular flexibility index (Phi) is 8.70. The van der Waals surface area contributed by atoms with Gasteiger partial charge >= 0.3 is 0 Å². The molecule has 162 valence electrons. The van der Waals surface area contributed by atoms with Crippen LogP contribution in [0.15, 0.2) is 89.4 Å². The molecule has 2 unspecified atom stereocenters. The molecule has 1 aliphatic rings. The minimum absolute atomic E-state index is 0.139. The van der Waals surface area contributed by atoms with E-state index in [0.717, 1.165) is 23.4 Å². The number of hydrogen-bond donors (Lipinski definition) is 1. The lowest BCUT2D eigenvalue weighted by molar-refractivity contribution is 0.667. The summed E-state index contributed by atoms with van der Waals surface area (Å²) in [5.74, 6) is 0.416. The topological polar surface area (TPSA) is 24.9 Å². The number of thiazole rings is 1. The van der Waals surface area contributed by atoms with Gasteiger partial charge in [0.15, 0.2) is 0 Å². The number of allylic oxidation sites excluding steroid dienone is 4. The molecule has 4 heteroatoms. The zero-order valence-corrected chi connectivity index (χ0v) is 20.5. The van der Waals surface area contributed by atoms with E-state index in [2.05, 4.69) is 85.8 Å². The van der Waals surface area contributed by atoms with E-state index in [1.807, 2.05) is 19.9 Å². The highest BCUT2D eigenvalue weighted by atomic mass is 32.2. The van der Waals surface area contributed by atoms with Crippen LogP contribution >= 0.6 is 23.3 Å². The van der Waals surface area contributed by atoms with Crippen LogP contribution in [0.5, 0.6) is 0 Å². The molecular formula is C27H32N2S2. The molecule has 0 saturated heterocycles. The first kappa shape index (κ1) is 23.5. The minimum Gasteiger partial charge on any atom is -0.250 e. The minimum atomic E-state index is 0.139. The van der Waals surface area contributed by atoms with E-state index in [1.165, 1.54) is 26.3 Å². The van der Waals surface area contributed by atoms with Gasteiger partial charge in [-0.2, -0.15) is 0 Å². The normalized spacial score (nSPS) is 16.6. The average molecular weight is 449 g/mol. The summed E-state index contributed by atoms with van der Waals surface area (Å²) in [5, 5.41) is 1.13. The molecule has 1 aromatic heterocycles. The van der Waals surface area contributed by atoms with E-state index < -0.39 is 0 Å². The third kappa shape index (κ3) is 6.19. The summed E-state index contributed by atoms with van der Waals surface area (Å²) >= 11 is 3.47. The molecule has 0 fully saturated rings. The molecule has 0 saturated carbocycles. The summed E-state index contributed by atoms with van der Waals surface area (Å²) in [5.41, 5.74) is 4.92. The molecule has 0 bridgehead atoms. The predicted molar refractivity (Wildman–Crippen MR) is 139 cm³/mol. The number of aromatic nitrogens is 1. The average Bonchev–Trinajstić information content (AvgIpc) is 3.24. The first-order valence-corrected chi connectivity index (χ1v) is 12.7. The molecule has 4 rings (SSSR count). The van der Waals surface area contributed by atoms with Crippen molar-refractivity contribution < 1.29 is 0 Å². The predicted octanol–water partition coefficient (Wildman–Crippen LogP) is 8.30. The Labute approximate surface area is 195 Å². The first-order chi connectivity index (χ1) is 15.1. The van der Waals surface area contributed by atoms with Crippen LogP contribution in [0.1, 0.15) is 50.7 Å². The van der Waals surface area contributed by atoms with Gasteiger partial charge in [-0.25, -0.2) is 9.71 Å². The number of benzene rings is 2. The van der Waals surface area contributed by atoms with Crippen molar-refractivity contribution in [2.45, 2.75) is 51.5 Å². The Morgan fingerprint density at radius 1 is 1.16 bits per heavy atom. The van der Waals surface area contributed by atoms with E-state index >= 15 is 0 Å². The molecule has 1 N–H and O–H groups in total. The second-order valence-electron chi connectivity index (χ2n) is 7.44. The molecule has 2 nitrogen and oxygen atoms in total. The number of nitrogens with zero attached hydrogens (tertiary/aromatic N) is 1. The van der Waals surface area contributed by atoms with Crippen LogP contribution in [0.2, 0.25) is 0 Å². The van der Waals surface area contributed by atoms with Crippen LogP contribution in [0.4, 0.5) is 0 Å². The maximum Gasteiger partial charge on any atom is 0.112 e. The number of aryl methyl sites for hydroxylation is 1. The molecule has 1 aliphatic carbocycles. The third-order valence-corrected chi connectivity index (χ3v) is 7.27. The van der Waals surface area contributed by atoms with Crippen molar-refractivity contribution in [3.8, 4) is 0 Å². The molecule has 2 atom stereocenters. The van der Waals surface area contributed by atoms with Crippen LogP contribution in [0.3, 0.4) is 0 Å². The van der Waals surface area contributed by atoms with E-state index in [1.54, 1.807) is 23.3 Å². The van der Waals surface area contributed by atoms with Gasteiger partial charge in [0.1, 0.15) is 5.01 Å². The quantitative estimate of drug-likeness (QED) is 0.368. The maximum absolute atomic E-state index is 4.97. The monoisotopic (exact) mass is 448 g/mol. The van der Waals surface area contributed by atoms with Gasteiger partial charge in [0.2, 0.25) is 0 Å². The molecular weight excluding hydrogens is 416 g/mol. The van der Waals surface area contributed by atoms with Crippen LogP contribution < -0.4 is 4.72 Å². The van der Waals surface area contributed by atoms with E-state index in [-0.39, 0.29) is 6.04 Å². The van der Waals surface area contributed by atoms with Crippen LogP contribution in [0, 0.1) is 5.92 Å². The Balaban J connectivity index is 0.00000132. The molecule has 0 amide bonds. The Morgan fingerprint density at radius 3 is 2.65 bits per heavy atom. The van der Waals surface area contributed by atoms with Crippen molar-refractivity contribution in [2.75, 3.05) is 0 Å². The highest BCUT2D eigenvalue weighted by Gasteiger charge is 2.19. The van der Waals surface area contributed by atoms with Crippen LogP contribution in [-0.4, -0.2) is 4.98 Å². The Hall–Kier alpha value is -2.14. The molecule has 31 heavy (non-hydrogen) atoms. The smallest absolute Gasteiger partial charge is 0.112 e. The lowest BCUT2D eigenvalue weighted by Gasteiger charge is -2.20. The molecule has 0 spiro atoms. The van der Waals surface area contributed by atoms with Gasteiger partial charge in [-0.3, -0.25) is 0 Å². The highest BCUT2D eigenvalue weighted by molar-refractivity contribution is 7.97. The number of rotatable bonds is 7. The van der Waals surface area contributed by atoms with Gasteiger partial charge in [0.25, 0.3) is 0 Å². The summed E-state index contributed by atoms with van der Waals surface area (Å²) in [6.45, 7) is 12.6. The van der Waals surface area contributed by atoms with Crippen molar-refractivity contribution in [1.82, 2.24) is 9.71 Å². The highest BCUT2D eigenvalue weighted by Crippen LogP contribution is 2.34. The van der Waals surface area contributed by atoms with Gasteiger partial charge in [-0.15, -0.1) is 11.3 Å². The third-order valence-electron chi connectivity index (χ3n) is 5.23. The standard InChI is InChI=1S/C25H26N2S2.C2H6/c1-4-19-12-13-22-24(16-19)28-25(26-22)23(27-29-21-8-6-5-7-9-21)15-20-11-10-17(2)18(3)14-20;1-2/h5-14,16-17,23,27H,3-4,15H2,1-2H3;1-2H3. The Morgan fingerprint density at radius 2 is 1.94 bits per heavy atom. The fourth-order valence-electron chi connectivity index (χ4n) is 3.33. The van der Waals surface area contributed by atoms with Crippen molar-refractivity contribution in [3.63, 3.8) is 0 Å². The van der Waals surface area contributed by atoms with E-state index in [0.29, 0.717) is 5.92 Å². The summed E-state index contributed by atoms with van der Waals surface area (Å²) in [6.07, 6.45) is 8.65. The van der Waals surface area contributed by atoms with Gasteiger partial charge in [-0.1, -0.05) is 76.8 Å². The SMILES string of the molecule is C=C1C=C(CC(NSc2ccccc2)c2nc3ccc(CC)cc3s2)C=CC1C.CC. The van der Waals surface area contributed by atoms with Crippen molar-refractivity contribution in [1.29, 1.82) is 0 Å². The van der Waals surface area contributed by atoms with Gasteiger partial charge in [0, 0.05) is 4.90 Å². The molecule has 1 heterocycles. The van der Waals surface area contributed by atoms with E-state index in [9.17, 15) is 0 Å². The van der Waals surface area contributed by atoms with Crippen molar-refractivity contribution >= 4 is 33.5 Å². The van der Waals surface area contributed by atoms with Gasteiger partial charge in [-0.05, 0) is 71.7 Å². The fourth-order valence-corrected chi connectivity index (χ4v) is 5.26. The first-order valence-electron chi connectivity index (χ1n) is 11.1. The van der Waals surface area contributed by atoms with Crippen LogP contribution in [0.25, 0.3) is 10.2 Å². The number of fused-ring (bicyclic) bond motifs is 1. The lowest BCUT2D eigenvalue weighted by atomic mass is 9.91. The summed E-state index contributed by atoms with van der Waals surface area (Å²) in [6, 6.07) is 17.2. The van der Waals surface area contributed by atoms with Crippen molar-refractivity contribution in [2.24, 2.45) is 5.92 Å². The lowest BCUT2D eigenvalue weighted by Crippen LogP contribution is -2.15. The molecule has 2 aromatic carbocycles. The summed E-state index contributed by atoms with van der Waals surface area (Å²) in [7, 11) is 0. The second-order valence-corrected chi connectivity index (χ2v) is 9.41. The van der Waals surface area contributed by atoms with Crippen LogP contribution in [-0.2, 0) is 6.42 Å². The number of nitrogens with one attached hydrogen (secondary N) is 1. The van der Waals surface area contributed by atoms with E-state index in [4.69, 9.17) is 4.98 Å². The summed E-state index contributed by atoms with van der Waals surface area (Å²) < 4.78 is 4.94. The Bertz CT molecular complexity index is 1060. The second kappa shape index (κ2) is 11.5. The summed E-state index contributed by atoms with van der Waals surface area (Å²) in [4.78, 5) is 6.18. The van der Waals surface area contributed by atoms with Crippen molar-refractivity contribution in [3.05, 3.63) is 95.1 Å². The number of hydrogen-bond acceptors (Lipinski definition) is 4. The molecule has 0 radical (unpaired) electrons. The largest absolute Gasteiger partial charge is 0.250 e. The molecule has 3 aromatic rings. The van der Waals surface area contributed by atoms with Gasteiger partial charge in [0.05, 0.1) is 16.3 Å². The zero-order chi connectivity index (χ0) is 22.2. The zero-order valence-electron chi connectivity index (χ0n) is 18.9. The molecule has 0 aliphatic heterocycles.